The third-order valence-electron chi connectivity index (χ3n) is 1.60. The molecular weight excluding hydrogens is 180 g/mol. The monoisotopic (exact) mass is 192 g/mol. The fraction of sp³-hybridized carbons (Fsp3) is 0.857. The van der Waals surface area contributed by atoms with Gasteiger partial charge in [-0.2, -0.15) is 0 Å². The minimum absolute atomic E-state index is 0.147. The summed E-state index contributed by atoms with van der Waals surface area (Å²) >= 11 is 0.687. The minimum Gasteiger partial charge on any atom is -0.616 e. The van der Waals surface area contributed by atoms with E-state index in [9.17, 15) is 9.35 Å². The summed E-state index contributed by atoms with van der Waals surface area (Å²) in [5, 5.41) is 0.469. The molecule has 0 bridgehead atoms. The second-order valence-electron chi connectivity index (χ2n) is 2.68. The van der Waals surface area contributed by atoms with Crippen LogP contribution in [0.3, 0.4) is 0 Å². The van der Waals surface area contributed by atoms with Gasteiger partial charge in [0.1, 0.15) is 11.5 Å². The molecule has 0 aromatic carbocycles. The Morgan fingerprint density at radius 1 is 1.73 bits per heavy atom. The van der Waals surface area contributed by atoms with Gasteiger partial charge in [-0.3, -0.25) is 4.79 Å². The van der Waals surface area contributed by atoms with Gasteiger partial charge in [-0.05, 0) is 12.8 Å². The third-order valence-corrected chi connectivity index (χ3v) is 4.40. The molecule has 0 unspecified atom stereocenters. The van der Waals surface area contributed by atoms with Crippen LogP contribution in [-0.2, 0) is 16.0 Å². The van der Waals surface area contributed by atoms with E-state index in [-0.39, 0.29) is 5.12 Å². The molecule has 0 aromatic rings. The molecular formula is C7H12O2S2. The zero-order chi connectivity index (χ0) is 8.27. The molecule has 4 heteroatoms. The van der Waals surface area contributed by atoms with Crippen LogP contribution in [0.25, 0.3) is 0 Å². The van der Waals surface area contributed by atoms with E-state index >= 15 is 0 Å². The summed E-state index contributed by atoms with van der Waals surface area (Å²) in [7, 11) is 0. The number of thioether (sulfide) groups is 1. The SMILES string of the molecule is CC(=O)S[C@@H]1CCC[S@@+]([O-])C1. The summed E-state index contributed by atoms with van der Waals surface area (Å²) < 4.78 is 11.0. The predicted octanol–water partition coefficient (Wildman–Crippen LogP) is 1.18. The van der Waals surface area contributed by atoms with Crippen LogP contribution in [0.1, 0.15) is 19.8 Å². The highest BCUT2D eigenvalue weighted by Gasteiger charge is 2.24. The van der Waals surface area contributed by atoms with E-state index in [1.807, 2.05) is 0 Å². The summed E-state index contributed by atoms with van der Waals surface area (Å²) in [6, 6.07) is 0. The normalized spacial score (nSPS) is 31.8. The molecule has 0 aromatic heterocycles. The van der Waals surface area contributed by atoms with Crippen LogP contribution in [0, 0.1) is 0 Å². The first-order valence-electron chi connectivity index (χ1n) is 3.70. The van der Waals surface area contributed by atoms with E-state index in [4.69, 9.17) is 0 Å². The van der Waals surface area contributed by atoms with Crippen molar-refractivity contribution in [2.45, 2.75) is 25.0 Å². The molecule has 0 saturated carbocycles. The maximum Gasteiger partial charge on any atom is 0.186 e. The molecule has 64 valence electrons. The van der Waals surface area contributed by atoms with Gasteiger partial charge in [-0.25, -0.2) is 0 Å². The number of hydrogen-bond donors (Lipinski definition) is 0. The highest BCUT2D eigenvalue weighted by Crippen LogP contribution is 2.23. The number of carbonyl (C=O) groups is 1. The largest absolute Gasteiger partial charge is 0.616 e. The van der Waals surface area contributed by atoms with Crippen molar-refractivity contribution in [3.05, 3.63) is 0 Å². The Kier molecular flexibility index (Phi) is 3.75. The van der Waals surface area contributed by atoms with Crippen molar-refractivity contribution in [2.24, 2.45) is 0 Å². The Morgan fingerprint density at radius 2 is 2.45 bits per heavy atom. The highest BCUT2D eigenvalue weighted by atomic mass is 32.2. The van der Waals surface area contributed by atoms with Crippen molar-refractivity contribution in [1.29, 1.82) is 0 Å². The van der Waals surface area contributed by atoms with E-state index in [0.29, 0.717) is 11.0 Å². The van der Waals surface area contributed by atoms with Gasteiger partial charge in [0, 0.05) is 6.92 Å². The molecule has 1 rings (SSSR count). The molecule has 2 atom stereocenters. The lowest BCUT2D eigenvalue weighted by Crippen LogP contribution is -2.27. The molecule has 1 aliphatic heterocycles. The number of hydrogen-bond acceptors (Lipinski definition) is 3. The molecule has 11 heavy (non-hydrogen) atoms. The van der Waals surface area contributed by atoms with Gasteiger partial charge in [0.2, 0.25) is 0 Å². The van der Waals surface area contributed by atoms with Crippen LogP contribution < -0.4 is 0 Å². The minimum atomic E-state index is -0.660. The maximum absolute atomic E-state index is 11.0. The fourth-order valence-corrected chi connectivity index (χ4v) is 3.89. The second kappa shape index (κ2) is 4.38. The summed E-state index contributed by atoms with van der Waals surface area (Å²) in [5.41, 5.74) is 0. The lowest BCUT2D eigenvalue weighted by atomic mass is 10.3. The second-order valence-corrected chi connectivity index (χ2v) is 5.78. The Balaban J connectivity index is 2.28. The molecule has 0 aliphatic carbocycles. The standard InChI is InChI=1S/C7H12O2S2/c1-6(8)10-7-3-2-4-11(9)5-7/h7H,2-5H2,1H3/t7-,11-/m1/s1. The average Bonchev–Trinajstić information content (AvgIpc) is 1.85. The van der Waals surface area contributed by atoms with Crippen LogP contribution >= 0.6 is 11.8 Å². The first kappa shape index (κ1) is 9.42. The van der Waals surface area contributed by atoms with Gasteiger partial charge in [0.25, 0.3) is 0 Å². The number of rotatable bonds is 1. The van der Waals surface area contributed by atoms with Crippen LogP contribution in [0.2, 0.25) is 0 Å². The van der Waals surface area contributed by atoms with Gasteiger partial charge in [0.15, 0.2) is 5.12 Å². The van der Waals surface area contributed by atoms with E-state index in [1.165, 1.54) is 11.8 Å². The van der Waals surface area contributed by atoms with Crippen LogP contribution in [0.5, 0.6) is 0 Å². The summed E-state index contributed by atoms with van der Waals surface area (Å²) in [6.45, 7) is 1.57. The van der Waals surface area contributed by atoms with Gasteiger partial charge < -0.3 is 4.55 Å². The molecule has 0 spiro atoms. The van der Waals surface area contributed by atoms with Gasteiger partial charge in [-0.1, -0.05) is 22.9 Å². The van der Waals surface area contributed by atoms with Crippen LogP contribution in [0.4, 0.5) is 0 Å². The summed E-state index contributed by atoms with van der Waals surface area (Å²) in [6.07, 6.45) is 2.06. The molecule has 1 aliphatic rings. The highest BCUT2D eigenvalue weighted by molar-refractivity contribution is 8.14. The van der Waals surface area contributed by atoms with Crippen molar-refractivity contribution in [1.82, 2.24) is 0 Å². The van der Waals surface area contributed by atoms with E-state index in [1.54, 1.807) is 6.92 Å². The molecule has 0 N–H and O–H groups in total. The van der Waals surface area contributed by atoms with Crippen LogP contribution in [0.15, 0.2) is 0 Å². The zero-order valence-corrected chi connectivity index (χ0v) is 8.17. The van der Waals surface area contributed by atoms with Gasteiger partial charge in [0.05, 0.1) is 5.25 Å². The summed E-state index contributed by atoms with van der Waals surface area (Å²) in [5.74, 6) is 1.54. The van der Waals surface area contributed by atoms with Crippen molar-refractivity contribution in [2.75, 3.05) is 11.5 Å². The topological polar surface area (TPSA) is 40.1 Å². The van der Waals surface area contributed by atoms with Crippen molar-refractivity contribution >= 4 is 28.1 Å². The van der Waals surface area contributed by atoms with Crippen molar-refractivity contribution in [3.63, 3.8) is 0 Å². The quantitative estimate of drug-likeness (QED) is 0.586. The Morgan fingerprint density at radius 3 is 3.00 bits per heavy atom. The molecule has 0 amide bonds. The molecule has 1 heterocycles. The Labute approximate surface area is 74.3 Å². The maximum atomic E-state index is 11.0. The fourth-order valence-electron chi connectivity index (χ4n) is 1.17. The molecule has 2 nitrogen and oxygen atoms in total. The van der Waals surface area contributed by atoms with E-state index < -0.39 is 11.2 Å². The molecule has 1 saturated heterocycles. The average molecular weight is 192 g/mol. The van der Waals surface area contributed by atoms with Gasteiger partial charge >= 0.3 is 0 Å². The summed E-state index contributed by atoms with van der Waals surface area (Å²) in [4.78, 5) is 10.7. The molecule has 1 fully saturated rings. The number of carbonyl (C=O) groups excluding carboxylic acids is 1. The van der Waals surface area contributed by atoms with Gasteiger partial charge in [-0.15, -0.1) is 0 Å². The first-order chi connectivity index (χ1) is 5.18. The lowest BCUT2D eigenvalue weighted by molar-refractivity contribution is -0.109. The van der Waals surface area contributed by atoms with E-state index in [0.717, 1.165) is 18.6 Å². The first-order valence-corrected chi connectivity index (χ1v) is 6.07. The third kappa shape index (κ3) is 3.49. The van der Waals surface area contributed by atoms with Crippen molar-refractivity contribution < 1.29 is 9.35 Å². The van der Waals surface area contributed by atoms with Crippen molar-refractivity contribution in [3.8, 4) is 0 Å². The lowest BCUT2D eigenvalue weighted by Gasteiger charge is -2.22. The predicted molar refractivity (Wildman–Crippen MR) is 49.2 cm³/mol. The zero-order valence-electron chi connectivity index (χ0n) is 6.54. The smallest absolute Gasteiger partial charge is 0.186 e. The Bertz CT molecular complexity index is 149. The van der Waals surface area contributed by atoms with E-state index in [2.05, 4.69) is 0 Å². The van der Waals surface area contributed by atoms with Crippen LogP contribution in [-0.4, -0.2) is 26.4 Å². The Hall–Kier alpha value is 0.330. The molecule has 0 radical (unpaired) electrons.